The highest BCUT2D eigenvalue weighted by Crippen LogP contribution is 2.11. The van der Waals surface area contributed by atoms with E-state index in [0.717, 1.165) is 0 Å². The van der Waals surface area contributed by atoms with Gasteiger partial charge in [0.1, 0.15) is 0 Å². The van der Waals surface area contributed by atoms with Crippen LogP contribution in [0.2, 0.25) is 5.02 Å². The number of anilines is 1. The van der Waals surface area contributed by atoms with Gasteiger partial charge in [-0.2, -0.15) is 0 Å². The molecule has 1 heterocycles. The van der Waals surface area contributed by atoms with Crippen molar-refractivity contribution >= 4 is 39.9 Å². The summed E-state index contributed by atoms with van der Waals surface area (Å²) in [5.41, 5.74) is 0.412. The normalized spacial score (nSPS) is 9.95. The molecule has 0 bridgehead atoms. The first kappa shape index (κ1) is 13.5. The number of rotatable bonds is 4. The number of benzene rings is 1. The van der Waals surface area contributed by atoms with Crippen molar-refractivity contribution in [3.05, 3.63) is 46.4 Å². The molecule has 0 aliphatic heterocycles. The van der Waals surface area contributed by atoms with Gasteiger partial charge in [-0.1, -0.05) is 17.7 Å². The van der Waals surface area contributed by atoms with Crippen molar-refractivity contribution in [2.24, 2.45) is 0 Å². The molecule has 0 radical (unpaired) electrons. The fourth-order valence-electron chi connectivity index (χ4n) is 1.34. The Labute approximate surface area is 118 Å². The van der Waals surface area contributed by atoms with E-state index in [-0.39, 0.29) is 18.4 Å². The van der Waals surface area contributed by atoms with Crippen LogP contribution in [0.25, 0.3) is 0 Å². The van der Waals surface area contributed by atoms with Crippen molar-refractivity contribution < 1.29 is 9.59 Å². The number of nitrogens with zero attached hydrogens (tertiary/aromatic N) is 1. The van der Waals surface area contributed by atoms with E-state index in [9.17, 15) is 9.59 Å². The second kappa shape index (κ2) is 6.31. The van der Waals surface area contributed by atoms with E-state index in [1.165, 1.54) is 17.4 Å². The second-order valence-corrected chi connectivity index (χ2v) is 4.91. The zero-order valence-electron chi connectivity index (χ0n) is 9.72. The topological polar surface area (TPSA) is 71.1 Å². The van der Waals surface area contributed by atoms with E-state index < -0.39 is 0 Å². The number of carbonyl (C=O) groups is 2. The van der Waals surface area contributed by atoms with Crippen LogP contribution in [0.15, 0.2) is 35.8 Å². The highest BCUT2D eigenvalue weighted by atomic mass is 35.5. The minimum absolute atomic E-state index is 0.120. The van der Waals surface area contributed by atoms with Gasteiger partial charge in [0, 0.05) is 22.2 Å². The number of aromatic nitrogens is 1. The zero-order chi connectivity index (χ0) is 13.7. The molecule has 98 valence electrons. The number of carbonyl (C=O) groups excluding carboxylic acids is 2. The lowest BCUT2D eigenvalue weighted by Crippen LogP contribution is -2.32. The van der Waals surface area contributed by atoms with E-state index >= 15 is 0 Å². The Morgan fingerprint density at radius 2 is 2.21 bits per heavy atom. The Morgan fingerprint density at radius 1 is 1.37 bits per heavy atom. The van der Waals surface area contributed by atoms with E-state index in [2.05, 4.69) is 15.6 Å². The predicted octanol–water partition coefficient (Wildman–Crippen LogP) is 2.17. The highest BCUT2D eigenvalue weighted by molar-refractivity contribution is 7.13. The second-order valence-electron chi connectivity index (χ2n) is 3.58. The maximum absolute atomic E-state index is 11.7. The molecule has 0 unspecified atom stereocenters. The number of hydrogen-bond donors (Lipinski definition) is 2. The first-order valence-electron chi connectivity index (χ1n) is 5.38. The number of thiazole rings is 1. The van der Waals surface area contributed by atoms with E-state index in [0.29, 0.717) is 15.7 Å². The lowest BCUT2D eigenvalue weighted by atomic mass is 10.2. The van der Waals surface area contributed by atoms with Crippen LogP contribution in [0.5, 0.6) is 0 Å². The van der Waals surface area contributed by atoms with Gasteiger partial charge < -0.3 is 10.6 Å². The number of nitrogens with one attached hydrogen (secondary N) is 2. The zero-order valence-corrected chi connectivity index (χ0v) is 11.3. The van der Waals surface area contributed by atoms with E-state index in [1.54, 1.807) is 29.8 Å². The molecule has 0 saturated carbocycles. The number of hydrogen-bond acceptors (Lipinski definition) is 4. The molecule has 0 aliphatic rings. The average molecular weight is 296 g/mol. The molecule has 1 aromatic carbocycles. The molecule has 0 saturated heterocycles. The number of amides is 2. The molecule has 2 rings (SSSR count). The summed E-state index contributed by atoms with van der Waals surface area (Å²) in [4.78, 5) is 27.2. The van der Waals surface area contributed by atoms with Crippen LogP contribution in [-0.4, -0.2) is 23.3 Å². The molecule has 0 aliphatic carbocycles. The summed E-state index contributed by atoms with van der Waals surface area (Å²) in [5, 5.41) is 7.80. The molecule has 0 fully saturated rings. The Bertz CT molecular complexity index is 586. The summed E-state index contributed by atoms with van der Waals surface area (Å²) in [6.45, 7) is -0.120. The van der Waals surface area contributed by atoms with Crippen molar-refractivity contribution in [2.45, 2.75) is 0 Å². The third-order valence-electron chi connectivity index (χ3n) is 2.17. The summed E-state index contributed by atoms with van der Waals surface area (Å²) >= 11 is 7.09. The van der Waals surface area contributed by atoms with Crippen molar-refractivity contribution in [3.8, 4) is 0 Å². The van der Waals surface area contributed by atoms with E-state index in [4.69, 9.17) is 11.6 Å². The molecule has 2 amide bonds. The molecule has 7 heteroatoms. The van der Waals surface area contributed by atoms with Crippen molar-refractivity contribution in [1.29, 1.82) is 0 Å². The van der Waals surface area contributed by atoms with Gasteiger partial charge in [-0.05, 0) is 18.2 Å². The summed E-state index contributed by atoms with van der Waals surface area (Å²) in [5.74, 6) is -0.679. The Morgan fingerprint density at radius 3 is 2.89 bits per heavy atom. The Balaban J connectivity index is 1.85. The van der Waals surface area contributed by atoms with E-state index in [1.807, 2.05) is 0 Å². The maximum Gasteiger partial charge on any atom is 0.251 e. The van der Waals surface area contributed by atoms with Gasteiger partial charge in [0.15, 0.2) is 5.13 Å². The largest absolute Gasteiger partial charge is 0.343 e. The SMILES string of the molecule is O=C(CNC(=O)c1cccc(Cl)c1)Nc1nccs1. The summed E-state index contributed by atoms with van der Waals surface area (Å²) in [6.07, 6.45) is 1.59. The van der Waals surface area contributed by atoms with Crippen LogP contribution in [0.4, 0.5) is 5.13 Å². The van der Waals surface area contributed by atoms with Gasteiger partial charge >= 0.3 is 0 Å². The van der Waals surface area contributed by atoms with Gasteiger partial charge in [0.2, 0.25) is 5.91 Å². The molecular formula is C12H10ClN3O2S. The monoisotopic (exact) mass is 295 g/mol. The molecular weight excluding hydrogens is 286 g/mol. The van der Waals surface area contributed by atoms with Crippen LogP contribution in [-0.2, 0) is 4.79 Å². The molecule has 0 spiro atoms. The molecule has 5 nitrogen and oxygen atoms in total. The quantitative estimate of drug-likeness (QED) is 0.908. The van der Waals surface area contributed by atoms with Gasteiger partial charge in [-0.3, -0.25) is 9.59 Å². The molecule has 0 atom stereocenters. The van der Waals surface area contributed by atoms with Crippen molar-refractivity contribution in [2.75, 3.05) is 11.9 Å². The maximum atomic E-state index is 11.7. The van der Waals surface area contributed by atoms with Gasteiger partial charge in [0.25, 0.3) is 5.91 Å². The van der Waals surface area contributed by atoms with Gasteiger partial charge in [0.05, 0.1) is 6.54 Å². The van der Waals surface area contributed by atoms with Crippen LogP contribution < -0.4 is 10.6 Å². The Hall–Kier alpha value is -1.92. The van der Waals surface area contributed by atoms with Crippen LogP contribution >= 0.6 is 22.9 Å². The summed E-state index contributed by atoms with van der Waals surface area (Å²) < 4.78 is 0. The van der Waals surface area contributed by atoms with Crippen LogP contribution in [0.3, 0.4) is 0 Å². The number of halogens is 1. The minimum atomic E-state index is -0.350. The first-order valence-corrected chi connectivity index (χ1v) is 6.64. The standard InChI is InChI=1S/C12H10ClN3O2S/c13-9-3-1-2-8(6-9)11(18)15-7-10(17)16-12-14-4-5-19-12/h1-6H,7H2,(H,15,18)(H,14,16,17). The molecule has 2 aromatic rings. The third kappa shape index (κ3) is 4.04. The third-order valence-corrected chi connectivity index (χ3v) is 3.10. The first-order chi connectivity index (χ1) is 9.15. The molecule has 1 aromatic heterocycles. The summed E-state index contributed by atoms with van der Waals surface area (Å²) in [7, 11) is 0. The highest BCUT2D eigenvalue weighted by Gasteiger charge is 2.09. The van der Waals surface area contributed by atoms with Crippen LogP contribution in [0, 0.1) is 0 Å². The van der Waals surface area contributed by atoms with Crippen molar-refractivity contribution in [3.63, 3.8) is 0 Å². The predicted molar refractivity (Wildman–Crippen MR) is 74.5 cm³/mol. The Kier molecular flexibility index (Phi) is 4.48. The smallest absolute Gasteiger partial charge is 0.251 e. The lowest BCUT2D eigenvalue weighted by Gasteiger charge is -2.05. The average Bonchev–Trinajstić information content (AvgIpc) is 2.88. The van der Waals surface area contributed by atoms with Gasteiger partial charge in [-0.25, -0.2) is 4.98 Å². The fourth-order valence-corrected chi connectivity index (χ4v) is 2.08. The fraction of sp³-hybridized carbons (Fsp3) is 0.0833. The van der Waals surface area contributed by atoms with Crippen molar-refractivity contribution in [1.82, 2.24) is 10.3 Å². The van der Waals surface area contributed by atoms with Gasteiger partial charge in [-0.15, -0.1) is 11.3 Å². The van der Waals surface area contributed by atoms with Crippen LogP contribution in [0.1, 0.15) is 10.4 Å². The minimum Gasteiger partial charge on any atom is -0.343 e. The summed E-state index contributed by atoms with van der Waals surface area (Å²) in [6, 6.07) is 6.51. The molecule has 2 N–H and O–H groups in total. The molecule has 19 heavy (non-hydrogen) atoms. The lowest BCUT2D eigenvalue weighted by molar-refractivity contribution is -0.115.